The third kappa shape index (κ3) is 3.14. The van der Waals surface area contributed by atoms with Gasteiger partial charge in [-0.3, -0.25) is 14.9 Å². The second kappa shape index (κ2) is 7.19. The van der Waals surface area contributed by atoms with E-state index in [1.165, 1.54) is 0 Å². The average molecular weight is 399 g/mol. The van der Waals surface area contributed by atoms with Crippen molar-refractivity contribution in [3.8, 4) is 17.5 Å². The van der Waals surface area contributed by atoms with E-state index in [4.69, 9.17) is 0 Å². The first-order chi connectivity index (χ1) is 14.7. The van der Waals surface area contributed by atoms with E-state index in [2.05, 4.69) is 32.0 Å². The SMILES string of the molecule is N#CN1CC2CC[C@]2(NC(=O)c2cc(-c3cnccc3Nc3ccccc3)[nH]n2)C1. The zero-order valence-electron chi connectivity index (χ0n) is 16.3. The molecule has 5 rings (SSSR count). The molecule has 3 N–H and O–H groups in total. The summed E-state index contributed by atoms with van der Waals surface area (Å²) in [6.45, 7) is 1.29. The number of hydrogen-bond donors (Lipinski definition) is 3. The van der Waals surface area contributed by atoms with Crippen molar-refractivity contribution in [2.24, 2.45) is 5.92 Å². The number of pyridine rings is 1. The topological polar surface area (TPSA) is 110 Å². The van der Waals surface area contributed by atoms with Crippen molar-refractivity contribution in [3.63, 3.8) is 0 Å². The van der Waals surface area contributed by atoms with Crippen LogP contribution in [-0.4, -0.2) is 44.6 Å². The first kappa shape index (κ1) is 18.2. The van der Waals surface area contributed by atoms with Crippen molar-refractivity contribution < 1.29 is 4.79 Å². The predicted octanol–water partition coefficient (Wildman–Crippen LogP) is 2.89. The summed E-state index contributed by atoms with van der Waals surface area (Å²) < 4.78 is 0. The molecule has 0 radical (unpaired) electrons. The van der Waals surface area contributed by atoms with Crippen LogP contribution in [0.1, 0.15) is 23.3 Å². The molecular weight excluding hydrogens is 378 g/mol. The molecule has 1 saturated carbocycles. The predicted molar refractivity (Wildman–Crippen MR) is 112 cm³/mol. The summed E-state index contributed by atoms with van der Waals surface area (Å²) in [7, 11) is 0. The van der Waals surface area contributed by atoms with Gasteiger partial charge in [0.25, 0.3) is 5.91 Å². The molecule has 2 aliphatic rings. The fourth-order valence-electron chi connectivity index (χ4n) is 4.38. The number of rotatable bonds is 5. The van der Waals surface area contributed by atoms with Crippen LogP contribution in [0.3, 0.4) is 0 Å². The van der Waals surface area contributed by atoms with Crippen LogP contribution in [0.4, 0.5) is 11.4 Å². The van der Waals surface area contributed by atoms with E-state index in [1.54, 1.807) is 23.4 Å². The van der Waals surface area contributed by atoms with E-state index >= 15 is 0 Å². The van der Waals surface area contributed by atoms with Gasteiger partial charge in [0.05, 0.1) is 23.5 Å². The molecule has 1 unspecified atom stereocenters. The van der Waals surface area contributed by atoms with Crippen LogP contribution in [0.15, 0.2) is 54.9 Å². The van der Waals surface area contributed by atoms with Crippen molar-refractivity contribution in [1.29, 1.82) is 5.26 Å². The third-order valence-corrected chi connectivity index (χ3v) is 6.11. The van der Waals surface area contributed by atoms with Gasteiger partial charge in [-0.05, 0) is 37.1 Å². The van der Waals surface area contributed by atoms with Crippen LogP contribution in [-0.2, 0) is 0 Å². The number of amides is 1. The number of aromatic nitrogens is 3. The molecule has 2 aromatic heterocycles. The largest absolute Gasteiger partial charge is 0.355 e. The molecule has 1 aliphatic heterocycles. The molecule has 8 heteroatoms. The van der Waals surface area contributed by atoms with Gasteiger partial charge in [0.1, 0.15) is 0 Å². The van der Waals surface area contributed by atoms with Crippen LogP contribution < -0.4 is 10.6 Å². The molecule has 0 spiro atoms. The monoisotopic (exact) mass is 399 g/mol. The quantitative estimate of drug-likeness (QED) is 0.569. The Kier molecular flexibility index (Phi) is 4.36. The highest BCUT2D eigenvalue weighted by Crippen LogP contribution is 2.44. The Balaban J connectivity index is 1.35. The summed E-state index contributed by atoms with van der Waals surface area (Å²) in [5, 5.41) is 22.9. The van der Waals surface area contributed by atoms with Crippen molar-refractivity contribution in [2.75, 3.05) is 18.4 Å². The van der Waals surface area contributed by atoms with Crippen molar-refractivity contribution >= 4 is 17.3 Å². The number of carbonyl (C=O) groups excluding carboxylic acids is 1. The lowest BCUT2D eigenvalue weighted by atomic mass is 9.69. The molecule has 1 aromatic carbocycles. The van der Waals surface area contributed by atoms with Gasteiger partial charge in [0.2, 0.25) is 0 Å². The number of hydrogen-bond acceptors (Lipinski definition) is 6. The zero-order chi connectivity index (χ0) is 20.6. The summed E-state index contributed by atoms with van der Waals surface area (Å²) in [5.41, 5.74) is 3.38. The first-order valence-corrected chi connectivity index (χ1v) is 9.96. The number of anilines is 2. The second-order valence-corrected chi connectivity index (χ2v) is 7.91. The molecule has 150 valence electrons. The number of H-pyrrole nitrogens is 1. The standard InChI is InChI=1S/C22H21N7O/c23-14-29-12-15-6-8-22(15,13-29)26-21(30)20-10-19(27-28-20)17-11-24-9-7-18(17)25-16-4-2-1-3-5-16/h1-5,7,9-11,15H,6,8,12-13H2,(H,24,25)(H,26,30)(H,27,28)/t15?,22-/m0/s1. The molecule has 3 aromatic rings. The fourth-order valence-corrected chi connectivity index (χ4v) is 4.38. The minimum absolute atomic E-state index is 0.219. The number of aromatic amines is 1. The van der Waals surface area contributed by atoms with Crippen LogP contribution in [0.5, 0.6) is 0 Å². The third-order valence-electron chi connectivity index (χ3n) is 6.11. The van der Waals surface area contributed by atoms with Crippen LogP contribution in [0, 0.1) is 17.4 Å². The Morgan fingerprint density at radius 1 is 1.30 bits per heavy atom. The Bertz CT molecular complexity index is 1120. The Morgan fingerprint density at radius 2 is 2.17 bits per heavy atom. The van der Waals surface area contributed by atoms with Crippen molar-refractivity contribution in [3.05, 3.63) is 60.6 Å². The number of benzene rings is 1. The number of fused-ring (bicyclic) bond motifs is 1. The maximum atomic E-state index is 12.9. The van der Waals surface area contributed by atoms with Gasteiger partial charge in [-0.1, -0.05) is 18.2 Å². The van der Waals surface area contributed by atoms with E-state index in [9.17, 15) is 10.1 Å². The Hall–Kier alpha value is -3.86. The van der Waals surface area contributed by atoms with Gasteiger partial charge in [0.15, 0.2) is 11.9 Å². The number of nitrogens with zero attached hydrogens (tertiary/aromatic N) is 4. The molecule has 1 aliphatic carbocycles. The second-order valence-electron chi connectivity index (χ2n) is 7.91. The molecule has 1 saturated heterocycles. The highest BCUT2D eigenvalue weighted by Gasteiger charge is 2.54. The van der Waals surface area contributed by atoms with E-state index in [0.717, 1.165) is 29.8 Å². The number of carbonyl (C=O) groups is 1. The summed E-state index contributed by atoms with van der Waals surface area (Å²) >= 11 is 0. The highest BCUT2D eigenvalue weighted by molar-refractivity contribution is 5.94. The van der Waals surface area contributed by atoms with E-state index < -0.39 is 0 Å². The molecule has 2 fully saturated rings. The maximum absolute atomic E-state index is 12.9. The number of nitrogens with one attached hydrogen (secondary N) is 3. The average Bonchev–Trinajstić information content (AvgIpc) is 3.34. The summed E-state index contributed by atoms with van der Waals surface area (Å²) in [6, 6.07) is 13.5. The minimum atomic E-state index is -0.305. The van der Waals surface area contributed by atoms with Crippen LogP contribution in [0.25, 0.3) is 11.3 Å². The molecule has 1 amide bonds. The Morgan fingerprint density at radius 3 is 2.93 bits per heavy atom. The summed E-state index contributed by atoms with van der Waals surface area (Å²) in [6.07, 6.45) is 7.59. The minimum Gasteiger partial charge on any atom is -0.355 e. The fraction of sp³-hybridized carbons (Fsp3) is 0.273. The molecule has 3 heterocycles. The number of likely N-dealkylation sites (tertiary alicyclic amines) is 1. The van der Waals surface area contributed by atoms with E-state index in [0.29, 0.717) is 30.4 Å². The number of para-hydroxylation sites is 1. The molecule has 2 atom stereocenters. The first-order valence-electron chi connectivity index (χ1n) is 9.96. The van der Waals surface area contributed by atoms with Gasteiger partial charge in [-0.15, -0.1) is 0 Å². The van der Waals surface area contributed by atoms with E-state index in [-0.39, 0.29) is 11.4 Å². The molecule has 0 bridgehead atoms. The Labute approximate surface area is 173 Å². The van der Waals surface area contributed by atoms with Crippen molar-refractivity contribution in [2.45, 2.75) is 18.4 Å². The van der Waals surface area contributed by atoms with Gasteiger partial charge < -0.3 is 15.5 Å². The summed E-state index contributed by atoms with van der Waals surface area (Å²) in [4.78, 5) is 18.8. The zero-order valence-corrected chi connectivity index (χ0v) is 16.3. The highest BCUT2D eigenvalue weighted by atomic mass is 16.2. The van der Waals surface area contributed by atoms with Crippen LogP contribution >= 0.6 is 0 Å². The lowest BCUT2D eigenvalue weighted by molar-refractivity contribution is 0.0757. The van der Waals surface area contributed by atoms with Gasteiger partial charge >= 0.3 is 0 Å². The molecule has 8 nitrogen and oxygen atoms in total. The number of nitriles is 1. The smallest absolute Gasteiger partial charge is 0.272 e. The molecule has 30 heavy (non-hydrogen) atoms. The van der Waals surface area contributed by atoms with Crippen LogP contribution in [0.2, 0.25) is 0 Å². The van der Waals surface area contributed by atoms with Gasteiger partial charge in [-0.2, -0.15) is 10.4 Å². The lowest BCUT2D eigenvalue weighted by Crippen LogP contribution is -2.60. The molecular formula is C22H21N7O. The van der Waals surface area contributed by atoms with Gasteiger partial charge in [0, 0.05) is 36.1 Å². The summed E-state index contributed by atoms with van der Waals surface area (Å²) in [5.74, 6) is 0.114. The lowest BCUT2D eigenvalue weighted by Gasteiger charge is -2.44. The van der Waals surface area contributed by atoms with Gasteiger partial charge in [-0.25, -0.2) is 0 Å². The normalized spacial score (nSPS) is 22.0. The van der Waals surface area contributed by atoms with Crippen molar-refractivity contribution in [1.82, 2.24) is 25.4 Å². The van der Waals surface area contributed by atoms with E-state index in [1.807, 2.05) is 36.4 Å². The maximum Gasteiger partial charge on any atom is 0.272 e.